The van der Waals surface area contributed by atoms with E-state index in [2.05, 4.69) is 30.5 Å². The van der Waals surface area contributed by atoms with Crippen LogP contribution in [0.25, 0.3) is 0 Å². The summed E-state index contributed by atoms with van der Waals surface area (Å²) in [6.45, 7) is 3.70. The zero-order valence-electron chi connectivity index (χ0n) is 15.1. The van der Waals surface area contributed by atoms with E-state index in [4.69, 9.17) is 28.9 Å². The first-order valence-corrected chi connectivity index (χ1v) is 8.89. The first kappa shape index (κ1) is 20.2. The molecular formula is C17H23Cl2N7. The van der Waals surface area contributed by atoms with Crippen molar-refractivity contribution in [1.82, 2.24) is 14.9 Å². The van der Waals surface area contributed by atoms with Gasteiger partial charge in [-0.2, -0.15) is 9.98 Å². The topological polar surface area (TPSA) is 91.5 Å². The highest BCUT2D eigenvalue weighted by atomic mass is 35.5. The van der Waals surface area contributed by atoms with Crippen LogP contribution in [0.15, 0.2) is 29.3 Å². The van der Waals surface area contributed by atoms with Crippen molar-refractivity contribution < 1.29 is 0 Å². The number of nitrogens with one attached hydrogen (secondary N) is 2. The van der Waals surface area contributed by atoms with Crippen LogP contribution in [0.1, 0.15) is 12.1 Å². The average molecular weight is 396 g/mol. The van der Waals surface area contributed by atoms with Crippen LogP contribution in [0.4, 0.5) is 17.5 Å². The van der Waals surface area contributed by atoms with Crippen LogP contribution in [0, 0.1) is 6.92 Å². The molecule has 0 aliphatic heterocycles. The summed E-state index contributed by atoms with van der Waals surface area (Å²) in [6.07, 6.45) is 1.01. The smallest absolute Gasteiger partial charge is 0.254 e. The van der Waals surface area contributed by atoms with Crippen LogP contribution in [0.2, 0.25) is 10.0 Å². The summed E-state index contributed by atoms with van der Waals surface area (Å²) in [4.78, 5) is 15.0. The van der Waals surface area contributed by atoms with Crippen molar-refractivity contribution in [3.05, 3.63) is 40.0 Å². The van der Waals surface area contributed by atoms with E-state index in [-0.39, 0.29) is 11.9 Å². The zero-order valence-corrected chi connectivity index (χ0v) is 16.6. The number of halogens is 2. The fraction of sp³-hybridized carbons (Fsp3) is 0.353. The third-order valence-electron chi connectivity index (χ3n) is 3.34. The summed E-state index contributed by atoms with van der Waals surface area (Å²) in [5.74, 6) is 1.16. The minimum atomic E-state index is 0.160. The molecule has 26 heavy (non-hydrogen) atoms. The number of aromatic nitrogens is 2. The van der Waals surface area contributed by atoms with Crippen molar-refractivity contribution in [2.75, 3.05) is 37.8 Å². The van der Waals surface area contributed by atoms with Gasteiger partial charge in [0.1, 0.15) is 5.82 Å². The van der Waals surface area contributed by atoms with Gasteiger partial charge in [0.05, 0.1) is 10.0 Å². The highest BCUT2D eigenvalue weighted by Crippen LogP contribution is 2.25. The molecule has 0 radical (unpaired) electrons. The first-order chi connectivity index (χ1) is 12.3. The Labute approximate surface area is 163 Å². The van der Waals surface area contributed by atoms with Crippen LogP contribution < -0.4 is 16.4 Å². The Kier molecular flexibility index (Phi) is 7.44. The summed E-state index contributed by atoms with van der Waals surface area (Å²) < 4.78 is 0. The van der Waals surface area contributed by atoms with E-state index < -0.39 is 0 Å². The molecule has 0 amide bonds. The monoisotopic (exact) mass is 395 g/mol. The van der Waals surface area contributed by atoms with Crippen molar-refractivity contribution in [2.45, 2.75) is 13.3 Å². The van der Waals surface area contributed by atoms with Gasteiger partial charge in [0.25, 0.3) is 5.95 Å². The number of aliphatic imine (C=N–C) groups is 1. The molecule has 0 aliphatic carbocycles. The Bertz CT molecular complexity index is 778. The standard InChI is InChI=1S/C17H23Cl2N7/c1-11-9-15(21-7-4-8-26(2)3)24-17(22-11)25-16(20)23-12-5-6-13(18)14(19)10-12/h5-6,9-10H,4,7-8H2,1-3H3,(H4,20,21,22,23,24,25). The second-order valence-electron chi connectivity index (χ2n) is 6.03. The minimum absolute atomic E-state index is 0.160. The second-order valence-corrected chi connectivity index (χ2v) is 6.84. The lowest BCUT2D eigenvalue weighted by atomic mass is 10.3. The van der Waals surface area contributed by atoms with Gasteiger partial charge >= 0.3 is 0 Å². The van der Waals surface area contributed by atoms with Crippen molar-refractivity contribution in [3.63, 3.8) is 0 Å². The predicted octanol–water partition coefficient (Wildman–Crippen LogP) is 3.51. The maximum Gasteiger partial charge on any atom is 0.254 e. The molecule has 0 saturated carbocycles. The van der Waals surface area contributed by atoms with Gasteiger partial charge in [-0.25, -0.2) is 4.98 Å². The van der Waals surface area contributed by atoms with Gasteiger partial charge in [0, 0.05) is 24.0 Å². The molecule has 0 unspecified atom stereocenters. The Morgan fingerprint density at radius 3 is 2.65 bits per heavy atom. The predicted molar refractivity (Wildman–Crippen MR) is 110 cm³/mol. The molecule has 2 aromatic rings. The van der Waals surface area contributed by atoms with E-state index in [9.17, 15) is 0 Å². The van der Waals surface area contributed by atoms with E-state index in [0.29, 0.717) is 15.7 Å². The number of rotatable bonds is 7. The number of anilines is 2. The fourth-order valence-electron chi connectivity index (χ4n) is 2.16. The van der Waals surface area contributed by atoms with Crippen LogP contribution in [-0.4, -0.2) is 48.0 Å². The van der Waals surface area contributed by atoms with Gasteiger partial charge in [-0.1, -0.05) is 23.2 Å². The SMILES string of the molecule is Cc1cc(NCCCN(C)C)nc(N=C(N)Nc2ccc(Cl)c(Cl)c2)n1. The molecule has 2 rings (SSSR count). The highest BCUT2D eigenvalue weighted by molar-refractivity contribution is 6.42. The Balaban J connectivity index is 2.04. The molecule has 0 spiro atoms. The van der Waals surface area contributed by atoms with Gasteiger partial charge in [-0.05, 0) is 52.2 Å². The van der Waals surface area contributed by atoms with Gasteiger partial charge in [-0.3, -0.25) is 0 Å². The molecule has 9 heteroatoms. The molecule has 0 atom stereocenters. The third-order valence-corrected chi connectivity index (χ3v) is 4.08. The summed E-state index contributed by atoms with van der Waals surface area (Å²) in [7, 11) is 4.09. The molecule has 0 fully saturated rings. The summed E-state index contributed by atoms with van der Waals surface area (Å²) >= 11 is 11.9. The molecule has 140 valence electrons. The van der Waals surface area contributed by atoms with Gasteiger partial charge in [0.15, 0.2) is 0 Å². The average Bonchev–Trinajstić information content (AvgIpc) is 2.54. The maximum atomic E-state index is 5.99. The van der Waals surface area contributed by atoms with Gasteiger partial charge in [-0.15, -0.1) is 0 Å². The number of benzene rings is 1. The lowest BCUT2D eigenvalue weighted by molar-refractivity contribution is 0.405. The van der Waals surface area contributed by atoms with Gasteiger partial charge in [0.2, 0.25) is 5.96 Å². The molecule has 7 nitrogen and oxygen atoms in total. The van der Waals surface area contributed by atoms with Crippen LogP contribution >= 0.6 is 23.2 Å². The Morgan fingerprint density at radius 1 is 1.19 bits per heavy atom. The van der Waals surface area contributed by atoms with E-state index in [0.717, 1.165) is 31.0 Å². The number of aryl methyl sites for hydroxylation is 1. The third kappa shape index (κ3) is 6.67. The molecule has 0 saturated heterocycles. The van der Waals surface area contributed by atoms with E-state index in [1.807, 2.05) is 27.1 Å². The van der Waals surface area contributed by atoms with E-state index in [1.54, 1.807) is 18.2 Å². The van der Waals surface area contributed by atoms with E-state index in [1.165, 1.54) is 0 Å². The molecule has 1 aromatic carbocycles. The Morgan fingerprint density at radius 2 is 1.96 bits per heavy atom. The summed E-state index contributed by atoms with van der Waals surface area (Å²) in [6, 6.07) is 6.97. The number of hydrogen-bond acceptors (Lipinski definition) is 5. The fourth-order valence-corrected chi connectivity index (χ4v) is 2.46. The summed E-state index contributed by atoms with van der Waals surface area (Å²) in [5.41, 5.74) is 7.42. The molecule has 4 N–H and O–H groups in total. The molecule has 1 heterocycles. The molecule has 0 aliphatic rings. The second kappa shape index (κ2) is 9.56. The quantitative estimate of drug-likeness (QED) is 0.377. The lowest BCUT2D eigenvalue weighted by Crippen LogP contribution is -2.22. The van der Waals surface area contributed by atoms with Crippen molar-refractivity contribution in [2.24, 2.45) is 10.7 Å². The van der Waals surface area contributed by atoms with Crippen molar-refractivity contribution in [3.8, 4) is 0 Å². The van der Waals surface area contributed by atoms with Gasteiger partial charge < -0.3 is 21.3 Å². The maximum absolute atomic E-state index is 5.99. The zero-order chi connectivity index (χ0) is 19.1. The van der Waals surface area contributed by atoms with Crippen molar-refractivity contribution >= 4 is 46.6 Å². The first-order valence-electron chi connectivity index (χ1n) is 8.14. The Hall–Kier alpha value is -2.09. The largest absolute Gasteiger partial charge is 0.370 e. The normalized spacial score (nSPS) is 11.7. The van der Waals surface area contributed by atoms with Crippen LogP contribution in [0.3, 0.4) is 0 Å². The highest BCUT2D eigenvalue weighted by Gasteiger charge is 2.04. The molecule has 0 bridgehead atoms. The van der Waals surface area contributed by atoms with Crippen LogP contribution in [-0.2, 0) is 0 Å². The molecular weight excluding hydrogens is 373 g/mol. The van der Waals surface area contributed by atoms with E-state index >= 15 is 0 Å². The number of hydrogen-bond donors (Lipinski definition) is 3. The lowest BCUT2D eigenvalue weighted by Gasteiger charge is -2.11. The van der Waals surface area contributed by atoms with Crippen molar-refractivity contribution in [1.29, 1.82) is 0 Å². The van der Waals surface area contributed by atoms with Crippen LogP contribution in [0.5, 0.6) is 0 Å². The number of nitrogens with zero attached hydrogens (tertiary/aromatic N) is 4. The minimum Gasteiger partial charge on any atom is -0.370 e. The number of nitrogens with two attached hydrogens (primary N) is 1. The number of guanidine groups is 1. The summed E-state index contributed by atoms with van der Waals surface area (Å²) in [5, 5.41) is 7.12. The molecule has 1 aromatic heterocycles.